The van der Waals surface area contributed by atoms with Crippen molar-refractivity contribution in [1.82, 2.24) is 0 Å². The number of benzene rings is 2. The van der Waals surface area contributed by atoms with Crippen LogP contribution in [-0.2, 0) is 23.7 Å². The SMILES string of the molecule is CC1(C)O[C@H]2O[C@H]([C@@H](CO)OC(=O)c3ccccc3)[C@H](OC(=O)c3ccccc3)[C@H]2O1. The quantitative estimate of drug-likeness (QED) is 0.700. The number of fused-ring (bicyclic) bond motifs is 1. The van der Waals surface area contributed by atoms with Crippen molar-refractivity contribution in [2.24, 2.45) is 0 Å². The fourth-order valence-corrected chi connectivity index (χ4v) is 3.69. The molecule has 5 atom stereocenters. The monoisotopic (exact) mass is 428 g/mol. The summed E-state index contributed by atoms with van der Waals surface area (Å²) < 4.78 is 28.7. The standard InChI is InChI=1S/C23H24O8/c1-23(2)30-19-18(28-21(26)15-11-7-4-8-12-15)17(29-22(19)31-23)16(13-24)27-20(25)14-9-5-3-6-10-14/h3-12,16-19,22,24H,13H2,1-2H3/t16-,17-,18+,19-,22-/m1/s1. The smallest absolute Gasteiger partial charge is 0.338 e. The molecule has 2 aliphatic rings. The third-order valence-electron chi connectivity index (χ3n) is 5.09. The number of hydrogen-bond acceptors (Lipinski definition) is 8. The van der Waals surface area contributed by atoms with E-state index in [1.54, 1.807) is 74.5 Å². The summed E-state index contributed by atoms with van der Waals surface area (Å²) in [5, 5.41) is 9.94. The highest BCUT2D eigenvalue weighted by Gasteiger charge is 2.59. The fraction of sp³-hybridized carbons (Fsp3) is 0.391. The van der Waals surface area contributed by atoms with Gasteiger partial charge >= 0.3 is 11.9 Å². The zero-order chi connectivity index (χ0) is 22.0. The van der Waals surface area contributed by atoms with E-state index in [4.69, 9.17) is 23.7 Å². The van der Waals surface area contributed by atoms with E-state index in [2.05, 4.69) is 0 Å². The second-order valence-corrected chi connectivity index (χ2v) is 7.80. The summed E-state index contributed by atoms with van der Waals surface area (Å²) >= 11 is 0. The van der Waals surface area contributed by atoms with Gasteiger partial charge in [0.15, 0.2) is 30.4 Å². The molecule has 0 spiro atoms. The molecule has 8 nitrogen and oxygen atoms in total. The average molecular weight is 428 g/mol. The van der Waals surface area contributed by atoms with Gasteiger partial charge in [0.05, 0.1) is 17.7 Å². The van der Waals surface area contributed by atoms with Gasteiger partial charge in [0.25, 0.3) is 0 Å². The number of rotatable bonds is 6. The van der Waals surface area contributed by atoms with Gasteiger partial charge in [-0.15, -0.1) is 0 Å². The van der Waals surface area contributed by atoms with Crippen molar-refractivity contribution < 1.29 is 38.4 Å². The first-order chi connectivity index (χ1) is 14.9. The largest absolute Gasteiger partial charge is 0.453 e. The number of ether oxygens (including phenoxy) is 5. The van der Waals surface area contributed by atoms with E-state index in [1.807, 2.05) is 0 Å². The molecule has 0 saturated carbocycles. The van der Waals surface area contributed by atoms with Gasteiger partial charge in [-0.05, 0) is 38.1 Å². The first kappa shape index (κ1) is 21.5. The molecule has 164 valence electrons. The Kier molecular flexibility index (Phi) is 6.06. The zero-order valence-corrected chi connectivity index (χ0v) is 17.2. The van der Waals surface area contributed by atoms with Crippen LogP contribution in [0, 0.1) is 0 Å². The summed E-state index contributed by atoms with van der Waals surface area (Å²) in [6, 6.07) is 16.9. The molecule has 2 heterocycles. The highest BCUT2D eigenvalue weighted by atomic mass is 16.8. The highest BCUT2D eigenvalue weighted by molar-refractivity contribution is 5.90. The molecule has 0 radical (unpaired) electrons. The molecule has 1 N–H and O–H groups in total. The van der Waals surface area contributed by atoms with E-state index in [0.29, 0.717) is 11.1 Å². The van der Waals surface area contributed by atoms with E-state index < -0.39 is 55.0 Å². The molecule has 0 amide bonds. The molecule has 8 heteroatoms. The van der Waals surface area contributed by atoms with Crippen molar-refractivity contribution in [1.29, 1.82) is 0 Å². The Labute approximate surface area is 179 Å². The van der Waals surface area contributed by atoms with Crippen LogP contribution in [0.25, 0.3) is 0 Å². The number of esters is 2. The van der Waals surface area contributed by atoms with Crippen molar-refractivity contribution in [3.05, 3.63) is 71.8 Å². The Morgan fingerprint density at radius 3 is 2.13 bits per heavy atom. The molecule has 31 heavy (non-hydrogen) atoms. The van der Waals surface area contributed by atoms with Gasteiger partial charge in [-0.1, -0.05) is 36.4 Å². The Hall–Kier alpha value is -2.78. The maximum Gasteiger partial charge on any atom is 0.338 e. The summed E-state index contributed by atoms with van der Waals surface area (Å²) in [6.45, 7) is 2.91. The molecule has 2 aromatic carbocycles. The van der Waals surface area contributed by atoms with Crippen LogP contribution >= 0.6 is 0 Å². The molecular formula is C23H24O8. The van der Waals surface area contributed by atoms with E-state index in [-0.39, 0.29) is 0 Å². The summed E-state index contributed by atoms with van der Waals surface area (Å²) in [4.78, 5) is 25.2. The third-order valence-corrected chi connectivity index (χ3v) is 5.09. The van der Waals surface area contributed by atoms with Gasteiger partial charge in [0, 0.05) is 0 Å². The second-order valence-electron chi connectivity index (χ2n) is 7.80. The third kappa shape index (κ3) is 4.62. The van der Waals surface area contributed by atoms with Crippen molar-refractivity contribution in [3.8, 4) is 0 Å². The Bertz CT molecular complexity index is 914. The van der Waals surface area contributed by atoms with E-state index in [1.165, 1.54) is 0 Å². The van der Waals surface area contributed by atoms with Crippen LogP contribution in [0.3, 0.4) is 0 Å². The predicted octanol–water partition coefficient (Wildman–Crippen LogP) is 2.31. The van der Waals surface area contributed by atoms with Gasteiger partial charge in [-0.25, -0.2) is 9.59 Å². The minimum atomic E-state index is -1.10. The lowest BCUT2D eigenvalue weighted by Crippen LogP contribution is -2.46. The van der Waals surface area contributed by atoms with Gasteiger partial charge in [-0.3, -0.25) is 0 Å². The molecule has 2 fully saturated rings. The maximum absolute atomic E-state index is 12.7. The maximum atomic E-state index is 12.7. The first-order valence-corrected chi connectivity index (χ1v) is 10.0. The molecule has 4 rings (SSSR count). The minimum absolute atomic E-state index is 0.325. The molecule has 0 bridgehead atoms. The number of carbonyl (C=O) groups excluding carboxylic acids is 2. The molecule has 0 aliphatic carbocycles. The van der Waals surface area contributed by atoms with Crippen molar-refractivity contribution in [2.45, 2.75) is 50.3 Å². The fourth-order valence-electron chi connectivity index (χ4n) is 3.69. The molecule has 0 aromatic heterocycles. The minimum Gasteiger partial charge on any atom is -0.453 e. The first-order valence-electron chi connectivity index (χ1n) is 10.0. The van der Waals surface area contributed by atoms with Crippen LogP contribution in [-0.4, -0.2) is 60.1 Å². The molecule has 2 saturated heterocycles. The van der Waals surface area contributed by atoms with Crippen LogP contribution in [0.2, 0.25) is 0 Å². The van der Waals surface area contributed by atoms with Crippen LogP contribution in [0.5, 0.6) is 0 Å². The van der Waals surface area contributed by atoms with Gasteiger partial charge in [-0.2, -0.15) is 0 Å². The Morgan fingerprint density at radius 1 is 0.968 bits per heavy atom. The topological polar surface area (TPSA) is 101 Å². The summed E-state index contributed by atoms with van der Waals surface area (Å²) in [5.41, 5.74) is 0.676. The van der Waals surface area contributed by atoms with Crippen molar-refractivity contribution in [2.75, 3.05) is 6.61 Å². The predicted molar refractivity (Wildman–Crippen MR) is 107 cm³/mol. The highest BCUT2D eigenvalue weighted by Crippen LogP contribution is 2.40. The summed E-state index contributed by atoms with van der Waals surface area (Å²) in [7, 11) is 0. The van der Waals surface area contributed by atoms with Gasteiger partial charge in [0.2, 0.25) is 0 Å². The molecule has 0 unspecified atom stereocenters. The van der Waals surface area contributed by atoms with E-state index >= 15 is 0 Å². The van der Waals surface area contributed by atoms with Crippen LogP contribution in [0.4, 0.5) is 0 Å². The number of carbonyl (C=O) groups is 2. The molecule has 2 aromatic rings. The van der Waals surface area contributed by atoms with E-state index in [0.717, 1.165) is 0 Å². The number of hydrogen-bond donors (Lipinski definition) is 1. The van der Waals surface area contributed by atoms with Crippen LogP contribution < -0.4 is 0 Å². The Balaban J connectivity index is 1.55. The van der Waals surface area contributed by atoms with Crippen molar-refractivity contribution in [3.63, 3.8) is 0 Å². The van der Waals surface area contributed by atoms with Crippen molar-refractivity contribution >= 4 is 11.9 Å². The summed E-state index contributed by atoms with van der Waals surface area (Å²) in [5.74, 6) is -2.15. The second kappa shape index (κ2) is 8.76. The lowest BCUT2D eigenvalue weighted by molar-refractivity contribution is -0.227. The van der Waals surface area contributed by atoms with Gasteiger partial charge < -0.3 is 28.8 Å². The number of aliphatic hydroxyl groups excluding tert-OH is 1. The van der Waals surface area contributed by atoms with E-state index in [9.17, 15) is 14.7 Å². The normalized spacial score (nSPS) is 27.3. The average Bonchev–Trinajstić information content (AvgIpc) is 3.25. The Morgan fingerprint density at radius 2 is 1.55 bits per heavy atom. The zero-order valence-electron chi connectivity index (χ0n) is 17.2. The van der Waals surface area contributed by atoms with Gasteiger partial charge in [0.1, 0.15) is 6.10 Å². The van der Waals surface area contributed by atoms with Crippen LogP contribution in [0.1, 0.15) is 34.6 Å². The summed E-state index contributed by atoms with van der Waals surface area (Å²) in [6.07, 6.45) is -4.60. The number of aliphatic hydroxyl groups is 1. The van der Waals surface area contributed by atoms with Crippen LogP contribution in [0.15, 0.2) is 60.7 Å². The lowest BCUT2D eigenvalue weighted by atomic mass is 10.1. The molecule has 2 aliphatic heterocycles. The molecular weight excluding hydrogens is 404 g/mol. The lowest BCUT2D eigenvalue weighted by Gasteiger charge is -2.29.